The van der Waals surface area contributed by atoms with E-state index >= 15 is 0 Å². The third-order valence-corrected chi connectivity index (χ3v) is 6.03. The second kappa shape index (κ2) is 13.8. The van der Waals surface area contributed by atoms with Crippen molar-refractivity contribution < 1.29 is 23.8 Å². The second-order valence-electron chi connectivity index (χ2n) is 8.87. The number of aryl methyl sites for hydroxylation is 1. The molecule has 0 heterocycles. The Morgan fingerprint density at radius 1 is 0.846 bits per heavy atom. The fourth-order valence-corrected chi connectivity index (χ4v) is 3.99. The van der Waals surface area contributed by atoms with Crippen LogP contribution in [-0.4, -0.2) is 31.3 Å². The van der Waals surface area contributed by atoms with Gasteiger partial charge in [0.2, 0.25) is 0 Å². The lowest BCUT2D eigenvalue weighted by molar-refractivity contribution is -0.123. The summed E-state index contributed by atoms with van der Waals surface area (Å²) in [7, 11) is 0. The van der Waals surface area contributed by atoms with Crippen molar-refractivity contribution >= 4 is 28.9 Å². The SMILES string of the molecule is CCCCc1ccc(OCC(=O)N/N=C/c2c(OC(=O)c3ccc(OCC)cc3)ccc3ccccc23)cc1. The van der Waals surface area contributed by atoms with Crippen molar-refractivity contribution in [3.8, 4) is 17.2 Å². The Labute approximate surface area is 228 Å². The highest BCUT2D eigenvalue weighted by molar-refractivity contribution is 6.04. The van der Waals surface area contributed by atoms with Gasteiger partial charge in [-0.1, -0.05) is 55.8 Å². The number of hydrazone groups is 1. The Morgan fingerprint density at radius 3 is 2.31 bits per heavy atom. The fourth-order valence-electron chi connectivity index (χ4n) is 3.99. The highest BCUT2D eigenvalue weighted by atomic mass is 16.5. The molecule has 0 spiro atoms. The molecular weight excluding hydrogens is 492 g/mol. The lowest BCUT2D eigenvalue weighted by Gasteiger charge is -2.11. The zero-order chi connectivity index (χ0) is 27.5. The number of nitrogens with zero attached hydrogens (tertiary/aromatic N) is 1. The number of esters is 1. The van der Waals surface area contributed by atoms with Crippen LogP contribution in [-0.2, 0) is 11.2 Å². The molecule has 4 rings (SSSR count). The minimum Gasteiger partial charge on any atom is -0.494 e. The Kier molecular flexibility index (Phi) is 9.67. The number of carbonyl (C=O) groups excluding carboxylic acids is 2. The number of nitrogens with one attached hydrogen (secondary N) is 1. The van der Waals surface area contributed by atoms with Gasteiger partial charge >= 0.3 is 5.97 Å². The van der Waals surface area contributed by atoms with Gasteiger partial charge in [-0.2, -0.15) is 5.10 Å². The van der Waals surface area contributed by atoms with E-state index in [0.717, 1.165) is 30.0 Å². The monoisotopic (exact) mass is 524 g/mol. The Hall–Kier alpha value is -4.65. The first-order valence-corrected chi connectivity index (χ1v) is 13.1. The molecule has 0 fully saturated rings. The first-order valence-electron chi connectivity index (χ1n) is 13.1. The van der Waals surface area contributed by atoms with Gasteiger partial charge in [-0.15, -0.1) is 0 Å². The first-order chi connectivity index (χ1) is 19.1. The average Bonchev–Trinajstić information content (AvgIpc) is 2.97. The molecule has 0 atom stereocenters. The quantitative estimate of drug-likeness (QED) is 0.101. The second-order valence-corrected chi connectivity index (χ2v) is 8.87. The minimum absolute atomic E-state index is 0.180. The van der Waals surface area contributed by atoms with Crippen LogP contribution in [0.1, 0.15) is 48.2 Å². The summed E-state index contributed by atoms with van der Waals surface area (Å²) in [4.78, 5) is 25.2. The van der Waals surface area contributed by atoms with E-state index in [0.29, 0.717) is 35.0 Å². The number of ether oxygens (including phenoxy) is 3. The van der Waals surface area contributed by atoms with Gasteiger partial charge in [0.05, 0.1) is 18.4 Å². The molecule has 0 aliphatic rings. The summed E-state index contributed by atoms with van der Waals surface area (Å²) in [5.41, 5.74) is 4.68. The van der Waals surface area contributed by atoms with Crippen LogP contribution in [0.15, 0.2) is 90.0 Å². The number of amides is 1. The Bertz CT molecular complexity index is 1430. The Morgan fingerprint density at radius 2 is 1.56 bits per heavy atom. The largest absolute Gasteiger partial charge is 0.494 e. The molecule has 0 unspecified atom stereocenters. The average molecular weight is 525 g/mol. The van der Waals surface area contributed by atoms with E-state index in [1.54, 1.807) is 30.3 Å². The van der Waals surface area contributed by atoms with Gasteiger partial charge in [-0.05, 0) is 78.6 Å². The van der Waals surface area contributed by atoms with Gasteiger partial charge in [0.15, 0.2) is 6.61 Å². The van der Waals surface area contributed by atoms with Gasteiger partial charge < -0.3 is 14.2 Å². The summed E-state index contributed by atoms with van der Waals surface area (Å²) < 4.78 is 16.7. The molecule has 4 aromatic rings. The van der Waals surface area contributed by atoms with Crippen LogP contribution in [0.25, 0.3) is 10.8 Å². The minimum atomic E-state index is -0.513. The maximum absolute atomic E-state index is 12.9. The molecule has 4 aromatic carbocycles. The number of fused-ring (bicyclic) bond motifs is 1. The van der Waals surface area contributed by atoms with Crippen molar-refractivity contribution in [1.82, 2.24) is 5.43 Å². The number of carbonyl (C=O) groups is 2. The molecular formula is C32H32N2O5. The molecule has 0 aliphatic heterocycles. The van der Waals surface area contributed by atoms with Crippen LogP contribution < -0.4 is 19.6 Å². The summed E-state index contributed by atoms with van der Waals surface area (Å²) >= 11 is 0. The molecule has 0 radical (unpaired) electrons. The van der Waals surface area contributed by atoms with E-state index in [1.165, 1.54) is 11.8 Å². The van der Waals surface area contributed by atoms with E-state index in [-0.39, 0.29) is 6.61 Å². The van der Waals surface area contributed by atoms with Gasteiger partial charge in [0.25, 0.3) is 5.91 Å². The van der Waals surface area contributed by atoms with Crippen LogP contribution >= 0.6 is 0 Å². The number of hydrogen-bond donors (Lipinski definition) is 1. The molecule has 0 saturated carbocycles. The summed E-state index contributed by atoms with van der Waals surface area (Å²) in [6.07, 6.45) is 4.78. The maximum Gasteiger partial charge on any atom is 0.343 e. The molecule has 0 aromatic heterocycles. The summed E-state index contributed by atoms with van der Waals surface area (Å²) in [6.45, 7) is 4.42. The van der Waals surface area contributed by atoms with Gasteiger partial charge in [-0.3, -0.25) is 4.79 Å². The standard InChI is InChI=1S/C32H32N2O5/c1-3-5-8-23-11-16-27(17-12-23)38-22-31(35)34-33-21-29-28-10-7-6-9-24(28)15-20-30(29)39-32(36)25-13-18-26(19-14-25)37-4-2/h6-7,9-21H,3-5,8,22H2,1-2H3,(H,34,35)/b33-21+. The smallest absolute Gasteiger partial charge is 0.343 e. The highest BCUT2D eigenvalue weighted by Crippen LogP contribution is 2.27. The topological polar surface area (TPSA) is 86.2 Å². The van der Waals surface area contributed by atoms with E-state index in [9.17, 15) is 9.59 Å². The van der Waals surface area contributed by atoms with Gasteiger partial charge in [0.1, 0.15) is 17.2 Å². The molecule has 0 aliphatic carbocycles. The predicted molar refractivity (Wildman–Crippen MR) is 153 cm³/mol. The lowest BCUT2D eigenvalue weighted by Crippen LogP contribution is -2.24. The van der Waals surface area contributed by atoms with Crippen molar-refractivity contribution in [1.29, 1.82) is 0 Å². The van der Waals surface area contributed by atoms with Crippen LogP contribution in [0.4, 0.5) is 0 Å². The Balaban J connectivity index is 1.42. The van der Waals surface area contributed by atoms with Gasteiger partial charge in [-0.25, -0.2) is 10.2 Å². The van der Waals surface area contributed by atoms with Crippen molar-refractivity contribution in [3.63, 3.8) is 0 Å². The van der Waals surface area contributed by atoms with Crippen molar-refractivity contribution in [2.75, 3.05) is 13.2 Å². The summed E-state index contributed by atoms with van der Waals surface area (Å²) in [5.74, 6) is 0.698. The molecule has 0 saturated heterocycles. The number of rotatable bonds is 12. The van der Waals surface area contributed by atoms with Crippen LogP contribution in [0.3, 0.4) is 0 Å². The van der Waals surface area contributed by atoms with Crippen molar-refractivity contribution in [2.24, 2.45) is 5.10 Å². The van der Waals surface area contributed by atoms with E-state index in [1.807, 2.05) is 61.5 Å². The molecule has 7 heteroatoms. The highest BCUT2D eigenvalue weighted by Gasteiger charge is 2.14. The third-order valence-electron chi connectivity index (χ3n) is 6.03. The zero-order valence-corrected chi connectivity index (χ0v) is 22.2. The molecule has 200 valence electrons. The number of hydrogen-bond acceptors (Lipinski definition) is 6. The zero-order valence-electron chi connectivity index (χ0n) is 22.2. The molecule has 0 bridgehead atoms. The molecule has 39 heavy (non-hydrogen) atoms. The lowest BCUT2D eigenvalue weighted by atomic mass is 10.0. The molecule has 1 N–H and O–H groups in total. The molecule has 7 nitrogen and oxygen atoms in total. The summed E-state index contributed by atoms with van der Waals surface area (Å²) in [6, 6.07) is 25.7. The van der Waals surface area contributed by atoms with E-state index in [4.69, 9.17) is 14.2 Å². The summed E-state index contributed by atoms with van der Waals surface area (Å²) in [5, 5.41) is 5.88. The van der Waals surface area contributed by atoms with Crippen LogP contribution in [0.2, 0.25) is 0 Å². The number of benzene rings is 4. The molecule has 1 amide bonds. The third kappa shape index (κ3) is 7.68. The van der Waals surface area contributed by atoms with Crippen molar-refractivity contribution in [2.45, 2.75) is 33.1 Å². The van der Waals surface area contributed by atoms with Crippen LogP contribution in [0.5, 0.6) is 17.2 Å². The van der Waals surface area contributed by atoms with Crippen LogP contribution in [0, 0.1) is 0 Å². The van der Waals surface area contributed by atoms with E-state index in [2.05, 4.69) is 17.5 Å². The predicted octanol–water partition coefficient (Wildman–Crippen LogP) is 6.33. The fraction of sp³-hybridized carbons (Fsp3) is 0.219. The van der Waals surface area contributed by atoms with Gasteiger partial charge in [0, 0.05) is 5.56 Å². The maximum atomic E-state index is 12.9. The first kappa shape index (κ1) is 27.4. The number of unbranched alkanes of at least 4 members (excludes halogenated alkanes) is 1. The van der Waals surface area contributed by atoms with Crippen molar-refractivity contribution in [3.05, 3.63) is 102 Å². The van der Waals surface area contributed by atoms with E-state index < -0.39 is 11.9 Å². The normalized spacial score (nSPS) is 10.9.